The second-order valence-corrected chi connectivity index (χ2v) is 4.72. The number of esters is 1. The summed E-state index contributed by atoms with van der Waals surface area (Å²) in [7, 11) is 0. The summed E-state index contributed by atoms with van der Waals surface area (Å²) in [6, 6.07) is 0.392. The van der Waals surface area contributed by atoms with Gasteiger partial charge in [-0.15, -0.1) is 0 Å². The molecule has 0 aliphatic heterocycles. The summed E-state index contributed by atoms with van der Waals surface area (Å²) in [5.41, 5.74) is 0. The molecule has 16 heavy (non-hydrogen) atoms. The van der Waals surface area contributed by atoms with Crippen LogP contribution in [0.15, 0.2) is 0 Å². The summed E-state index contributed by atoms with van der Waals surface area (Å²) in [5, 5.41) is 0. The first-order valence-electron chi connectivity index (χ1n) is 6.40. The summed E-state index contributed by atoms with van der Waals surface area (Å²) in [6.45, 7) is 12.4. The lowest BCUT2D eigenvalue weighted by molar-refractivity contribution is -0.145. The van der Waals surface area contributed by atoms with Crippen LogP contribution in [0.5, 0.6) is 0 Å². The number of hydrogen-bond donors (Lipinski definition) is 0. The maximum atomic E-state index is 11.4. The third-order valence-corrected chi connectivity index (χ3v) is 2.70. The SMILES string of the molecule is CCCC(C)CN(CC(=O)OCC)C(C)C. The van der Waals surface area contributed by atoms with Gasteiger partial charge in [-0.3, -0.25) is 9.69 Å². The van der Waals surface area contributed by atoms with Crippen molar-refractivity contribution in [2.24, 2.45) is 5.92 Å². The van der Waals surface area contributed by atoms with Gasteiger partial charge in [0.1, 0.15) is 0 Å². The van der Waals surface area contributed by atoms with Crippen molar-refractivity contribution in [1.82, 2.24) is 4.90 Å². The molecule has 0 aromatic rings. The molecular weight excluding hydrogens is 202 g/mol. The van der Waals surface area contributed by atoms with Crippen molar-refractivity contribution in [1.29, 1.82) is 0 Å². The van der Waals surface area contributed by atoms with Crippen molar-refractivity contribution in [3.63, 3.8) is 0 Å². The zero-order chi connectivity index (χ0) is 12.6. The summed E-state index contributed by atoms with van der Waals surface area (Å²) in [5.74, 6) is 0.529. The van der Waals surface area contributed by atoms with Crippen molar-refractivity contribution in [3.05, 3.63) is 0 Å². The van der Waals surface area contributed by atoms with Crippen molar-refractivity contribution in [3.8, 4) is 0 Å². The molecule has 0 saturated heterocycles. The molecule has 0 aromatic heterocycles. The third-order valence-electron chi connectivity index (χ3n) is 2.70. The molecule has 1 unspecified atom stereocenters. The first kappa shape index (κ1) is 15.4. The van der Waals surface area contributed by atoms with Crippen LogP contribution in [0.2, 0.25) is 0 Å². The normalized spacial score (nSPS) is 13.2. The number of hydrogen-bond acceptors (Lipinski definition) is 3. The van der Waals surface area contributed by atoms with Crippen molar-refractivity contribution in [2.75, 3.05) is 19.7 Å². The van der Waals surface area contributed by atoms with Crippen LogP contribution in [0.25, 0.3) is 0 Å². The van der Waals surface area contributed by atoms with E-state index in [1.54, 1.807) is 0 Å². The lowest BCUT2D eigenvalue weighted by Gasteiger charge is -2.28. The molecule has 1 atom stereocenters. The lowest BCUT2D eigenvalue weighted by Crippen LogP contribution is -2.39. The number of rotatable bonds is 8. The van der Waals surface area contributed by atoms with Gasteiger partial charge >= 0.3 is 5.97 Å². The van der Waals surface area contributed by atoms with E-state index in [0.29, 0.717) is 25.1 Å². The number of carbonyl (C=O) groups is 1. The van der Waals surface area contributed by atoms with Crippen molar-refractivity contribution < 1.29 is 9.53 Å². The van der Waals surface area contributed by atoms with Crippen LogP contribution in [0, 0.1) is 5.92 Å². The molecule has 0 aromatic carbocycles. The molecule has 0 bridgehead atoms. The predicted octanol–water partition coefficient (Wildman–Crippen LogP) is 2.70. The maximum absolute atomic E-state index is 11.4. The van der Waals surface area contributed by atoms with Crippen molar-refractivity contribution >= 4 is 5.97 Å². The Balaban J connectivity index is 4.11. The molecular formula is C13H27NO2. The largest absolute Gasteiger partial charge is 0.465 e. The van der Waals surface area contributed by atoms with Crippen molar-refractivity contribution in [2.45, 2.75) is 53.5 Å². The highest BCUT2D eigenvalue weighted by Crippen LogP contribution is 2.10. The third kappa shape index (κ3) is 6.83. The fourth-order valence-corrected chi connectivity index (χ4v) is 1.81. The van der Waals surface area contributed by atoms with Gasteiger partial charge in [-0.2, -0.15) is 0 Å². The first-order valence-corrected chi connectivity index (χ1v) is 6.40. The maximum Gasteiger partial charge on any atom is 0.320 e. The van der Waals surface area contributed by atoms with E-state index in [1.807, 2.05) is 6.92 Å². The molecule has 0 radical (unpaired) electrons. The molecule has 0 spiro atoms. The van der Waals surface area contributed by atoms with Crippen LogP contribution >= 0.6 is 0 Å². The Bertz CT molecular complexity index is 192. The summed E-state index contributed by atoms with van der Waals surface area (Å²) >= 11 is 0. The molecule has 0 N–H and O–H groups in total. The molecule has 0 aliphatic rings. The van der Waals surface area contributed by atoms with Crippen LogP contribution in [0.4, 0.5) is 0 Å². The van der Waals surface area contributed by atoms with Gasteiger partial charge in [0.05, 0.1) is 13.2 Å². The van der Waals surface area contributed by atoms with Gasteiger partial charge in [0, 0.05) is 12.6 Å². The average molecular weight is 229 g/mol. The first-order chi connectivity index (χ1) is 7.51. The van der Waals surface area contributed by atoms with Gasteiger partial charge in [0.2, 0.25) is 0 Å². The molecule has 0 aliphatic carbocycles. The second-order valence-electron chi connectivity index (χ2n) is 4.72. The van der Waals surface area contributed by atoms with Gasteiger partial charge in [0.15, 0.2) is 0 Å². The predicted molar refractivity (Wildman–Crippen MR) is 67.4 cm³/mol. The lowest BCUT2D eigenvalue weighted by atomic mass is 10.1. The van der Waals surface area contributed by atoms with Crippen LogP contribution in [0.1, 0.15) is 47.5 Å². The highest BCUT2D eigenvalue weighted by atomic mass is 16.5. The Morgan fingerprint density at radius 3 is 2.31 bits per heavy atom. The van der Waals surface area contributed by atoms with Gasteiger partial charge in [-0.25, -0.2) is 0 Å². The Labute approximate surface area is 100 Å². The van der Waals surface area contributed by atoms with E-state index in [1.165, 1.54) is 12.8 Å². The number of carbonyl (C=O) groups excluding carboxylic acids is 1. The average Bonchev–Trinajstić information content (AvgIpc) is 2.17. The molecule has 0 fully saturated rings. The quantitative estimate of drug-likeness (QED) is 0.599. The molecule has 96 valence electrons. The Morgan fingerprint density at radius 2 is 1.88 bits per heavy atom. The zero-order valence-electron chi connectivity index (χ0n) is 11.5. The van der Waals surface area contributed by atoms with Gasteiger partial charge in [-0.1, -0.05) is 20.3 Å². The van der Waals surface area contributed by atoms with E-state index in [4.69, 9.17) is 4.74 Å². The van der Waals surface area contributed by atoms with Gasteiger partial charge in [-0.05, 0) is 33.1 Å². The number of nitrogens with zero attached hydrogens (tertiary/aromatic N) is 1. The zero-order valence-corrected chi connectivity index (χ0v) is 11.5. The summed E-state index contributed by atoms with van der Waals surface area (Å²) < 4.78 is 4.98. The Morgan fingerprint density at radius 1 is 1.25 bits per heavy atom. The highest BCUT2D eigenvalue weighted by Gasteiger charge is 2.16. The van der Waals surface area contributed by atoms with Gasteiger partial charge in [0.25, 0.3) is 0 Å². The highest BCUT2D eigenvalue weighted by molar-refractivity contribution is 5.71. The molecule has 0 amide bonds. The van der Waals surface area contributed by atoms with Crippen LogP contribution in [0.3, 0.4) is 0 Å². The molecule has 3 nitrogen and oxygen atoms in total. The fourth-order valence-electron chi connectivity index (χ4n) is 1.81. The van der Waals surface area contributed by atoms with E-state index in [9.17, 15) is 4.79 Å². The number of ether oxygens (including phenoxy) is 1. The molecule has 0 rings (SSSR count). The minimum absolute atomic E-state index is 0.111. The Hall–Kier alpha value is -0.570. The van der Waals surface area contributed by atoms with Crippen LogP contribution in [-0.2, 0) is 9.53 Å². The fraction of sp³-hybridized carbons (Fsp3) is 0.923. The topological polar surface area (TPSA) is 29.5 Å². The standard InChI is InChI=1S/C13H27NO2/c1-6-8-12(5)9-14(11(3)4)10-13(15)16-7-2/h11-12H,6-10H2,1-5H3. The second kappa shape index (κ2) is 8.57. The van der Waals surface area contributed by atoms with E-state index in [0.717, 1.165) is 6.54 Å². The summed E-state index contributed by atoms with van der Waals surface area (Å²) in [6.07, 6.45) is 2.42. The van der Waals surface area contributed by atoms with Gasteiger partial charge < -0.3 is 4.74 Å². The minimum atomic E-state index is -0.111. The van der Waals surface area contributed by atoms with E-state index < -0.39 is 0 Å². The van der Waals surface area contributed by atoms with E-state index in [2.05, 4.69) is 32.6 Å². The Kier molecular flexibility index (Phi) is 8.26. The smallest absolute Gasteiger partial charge is 0.320 e. The van der Waals surface area contributed by atoms with Crippen LogP contribution in [-0.4, -0.2) is 36.6 Å². The molecule has 0 heterocycles. The van der Waals surface area contributed by atoms with E-state index in [-0.39, 0.29) is 5.97 Å². The summed E-state index contributed by atoms with van der Waals surface area (Å²) in [4.78, 5) is 13.6. The van der Waals surface area contributed by atoms with E-state index >= 15 is 0 Å². The molecule has 0 saturated carbocycles. The minimum Gasteiger partial charge on any atom is -0.465 e. The molecule has 3 heteroatoms. The monoisotopic (exact) mass is 229 g/mol. The van der Waals surface area contributed by atoms with Crippen LogP contribution < -0.4 is 0 Å².